The van der Waals surface area contributed by atoms with Crippen LogP contribution in [0.15, 0.2) is 38.2 Å². The Bertz CT molecular complexity index is 1290. The Balaban J connectivity index is 1.43. The number of hydrogen-bond donors (Lipinski definition) is 2. The van der Waals surface area contributed by atoms with E-state index in [-0.39, 0.29) is 29.9 Å². The van der Waals surface area contributed by atoms with Crippen LogP contribution in [0.4, 0.5) is 5.88 Å². The lowest BCUT2D eigenvalue weighted by Gasteiger charge is -2.34. The van der Waals surface area contributed by atoms with Gasteiger partial charge in [0.15, 0.2) is 0 Å². The van der Waals surface area contributed by atoms with Gasteiger partial charge in [0, 0.05) is 16.3 Å². The molecule has 4 aromatic rings. The molecule has 5 heterocycles. The molecule has 9 heteroatoms. The molecule has 2 N–H and O–H groups in total. The topological polar surface area (TPSA) is 91.2 Å². The Kier molecular flexibility index (Phi) is 4.80. The van der Waals surface area contributed by atoms with E-state index in [4.69, 9.17) is 4.42 Å². The molecule has 1 aliphatic rings. The number of anilines is 1. The second-order valence-electron chi connectivity index (χ2n) is 7.36. The number of nitrogens with zero attached hydrogens (tertiary/aromatic N) is 2. The quantitative estimate of drug-likeness (QED) is 0.503. The maximum Gasteiger partial charge on any atom is 0.277 e. The van der Waals surface area contributed by atoms with Gasteiger partial charge in [0.2, 0.25) is 11.8 Å². The van der Waals surface area contributed by atoms with Gasteiger partial charge in [-0.15, -0.1) is 22.7 Å². The van der Waals surface area contributed by atoms with Crippen LogP contribution in [-0.4, -0.2) is 34.1 Å². The van der Waals surface area contributed by atoms with Crippen LogP contribution in [0.2, 0.25) is 0 Å². The number of carbonyl (C=O) groups excluding carboxylic acids is 1. The summed E-state index contributed by atoms with van der Waals surface area (Å²) in [4.78, 5) is 30.1. The number of nitrogens with one attached hydrogen (secondary N) is 2. The fraction of sp³-hybridized carbons (Fsp3) is 0.286. The van der Waals surface area contributed by atoms with E-state index in [0.717, 1.165) is 13.0 Å². The number of fused-ring (bicyclic) bond motifs is 2. The molecule has 0 aromatic carbocycles. The summed E-state index contributed by atoms with van der Waals surface area (Å²) in [6, 6.07) is 6.38. The molecule has 0 aliphatic carbocycles. The van der Waals surface area contributed by atoms with E-state index >= 15 is 0 Å². The molecule has 0 bridgehead atoms. The van der Waals surface area contributed by atoms with Crippen LogP contribution in [0.3, 0.4) is 0 Å². The zero-order valence-electron chi connectivity index (χ0n) is 16.5. The third-order valence-electron chi connectivity index (χ3n) is 5.48. The maximum absolute atomic E-state index is 13.0. The Morgan fingerprint density at radius 1 is 1.30 bits per heavy atom. The van der Waals surface area contributed by atoms with Gasteiger partial charge in [-0.25, -0.2) is 5.10 Å². The van der Waals surface area contributed by atoms with Crippen LogP contribution in [0.25, 0.3) is 10.8 Å². The van der Waals surface area contributed by atoms with Crippen molar-refractivity contribution in [3.05, 3.63) is 66.1 Å². The van der Waals surface area contributed by atoms with Crippen LogP contribution in [0.5, 0.6) is 0 Å². The number of furan rings is 1. The van der Waals surface area contributed by atoms with Gasteiger partial charge >= 0.3 is 0 Å². The Morgan fingerprint density at radius 3 is 2.97 bits per heavy atom. The highest BCUT2D eigenvalue weighted by atomic mass is 32.1. The van der Waals surface area contributed by atoms with E-state index in [9.17, 15) is 9.59 Å². The van der Waals surface area contributed by atoms with Crippen molar-refractivity contribution < 1.29 is 9.21 Å². The van der Waals surface area contributed by atoms with Gasteiger partial charge in [0.1, 0.15) is 11.1 Å². The molecule has 1 amide bonds. The lowest BCUT2D eigenvalue weighted by Crippen LogP contribution is -2.40. The van der Waals surface area contributed by atoms with Crippen molar-refractivity contribution in [2.45, 2.75) is 26.3 Å². The van der Waals surface area contributed by atoms with E-state index in [2.05, 4.69) is 43.3 Å². The molecule has 4 aromatic heterocycles. The van der Waals surface area contributed by atoms with Gasteiger partial charge in [0.05, 0.1) is 23.7 Å². The van der Waals surface area contributed by atoms with Crippen molar-refractivity contribution in [3.8, 4) is 0 Å². The number of aryl methyl sites for hydroxylation is 2. The fourth-order valence-corrected chi connectivity index (χ4v) is 5.98. The maximum atomic E-state index is 13.0. The average molecular weight is 441 g/mol. The first kappa shape index (κ1) is 19.2. The van der Waals surface area contributed by atoms with Crippen molar-refractivity contribution in [1.29, 1.82) is 0 Å². The number of aromatic amines is 1. The summed E-state index contributed by atoms with van der Waals surface area (Å²) >= 11 is 3.48. The number of carbonyl (C=O) groups is 1. The summed E-state index contributed by atoms with van der Waals surface area (Å²) in [5, 5.41) is 14.4. The second kappa shape index (κ2) is 7.50. The van der Waals surface area contributed by atoms with E-state index < -0.39 is 0 Å². The molecule has 0 fully saturated rings. The van der Waals surface area contributed by atoms with Gasteiger partial charge in [0.25, 0.3) is 5.56 Å². The molecule has 5 rings (SSSR count). The second-order valence-corrected chi connectivity index (χ2v) is 9.34. The lowest BCUT2D eigenvalue weighted by atomic mass is 9.98. The first-order chi connectivity index (χ1) is 14.5. The standard InChI is InChI=1S/C21H20N4O3S2/c1-11-17-12(2)28-21(18(17)20(27)24-23-11)22-16(26)10-25-7-5-14-13(6-9-30-14)19(25)15-4-3-8-29-15/h3-4,6,8-9,19H,5,7,10H2,1-2H3,(H,22,26)(H,24,27)/t19-/m0/s1. The first-order valence-electron chi connectivity index (χ1n) is 9.65. The molecule has 154 valence electrons. The van der Waals surface area contributed by atoms with Gasteiger partial charge in [-0.1, -0.05) is 6.07 Å². The van der Waals surface area contributed by atoms with Crippen LogP contribution in [0, 0.1) is 13.8 Å². The molecule has 1 aliphatic heterocycles. The third-order valence-corrected chi connectivity index (χ3v) is 7.40. The minimum atomic E-state index is -0.375. The summed E-state index contributed by atoms with van der Waals surface area (Å²) in [6.07, 6.45) is 0.926. The Hall–Kier alpha value is -2.75. The van der Waals surface area contributed by atoms with Gasteiger partial charge < -0.3 is 4.42 Å². The molecule has 0 unspecified atom stereocenters. The predicted octanol–water partition coefficient (Wildman–Crippen LogP) is 3.84. The minimum Gasteiger partial charge on any atom is -0.444 e. The number of thiophene rings is 2. The van der Waals surface area contributed by atoms with Crippen molar-refractivity contribution in [1.82, 2.24) is 15.1 Å². The summed E-state index contributed by atoms with van der Waals surface area (Å²) in [5.41, 5.74) is 1.56. The number of aromatic nitrogens is 2. The number of rotatable bonds is 4. The van der Waals surface area contributed by atoms with Crippen LogP contribution >= 0.6 is 22.7 Å². The van der Waals surface area contributed by atoms with Crippen molar-refractivity contribution >= 4 is 45.2 Å². The fourth-order valence-electron chi connectivity index (χ4n) is 4.20. The predicted molar refractivity (Wildman–Crippen MR) is 118 cm³/mol. The highest BCUT2D eigenvalue weighted by Gasteiger charge is 2.32. The van der Waals surface area contributed by atoms with Gasteiger partial charge in [-0.3, -0.25) is 19.8 Å². The smallest absolute Gasteiger partial charge is 0.277 e. The molecule has 0 spiro atoms. The van der Waals surface area contributed by atoms with Crippen LogP contribution in [0.1, 0.15) is 32.8 Å². The molecule has 7 nitrogen and oxygen atoms in total. The third kappa shape index (κ3) is 3.19. The molecular weight excluding hydrogens is 420 g/mol. The molecule has 1 atom stereocenters. The SMILES string of the molecule is Cc1n[nH]c(=O)c2c(NC(=O)CN3CCc4sccc4[C@H]3c3cccs3)oc(C)c12. The zero-order valence-corrected chi connectivity index (χ0v) is 18.2. The average Bonchev–Trinajstić information content (AvgIpc) is 3.45. The van der Waals surface area contributed by atoms with Gasteiger partial charge in [-0.2, -0.15) is 5.10 Å². The first-order valence-corrected chi connectivity index (χ1v) is 11.4. The van der Waals surface area contributed by atoms with Gasteiger partial charge in [-0.05, 0) is 48.7 Å². The molecule has 30 heavy (non-hydrogen) atoms. The number of H-pyrrole nitrogens is 1. The molecule has 0 radical (unpaired) electrons. The lowest BCUT2D eigenvalue weighted by molar-refractivity contribution is -0.117. The van der Waals surface area contributed by atoms with Crippen molar-refractivity contribution in [3.63, 3.8) is 0 Å². The molecular formula is C21H20N4O3S2. The highest BCUT2D eigenvalue weighted by molar-refractivity contribution is 7.10. The van der Waals surface area contributed by atoms with Crippen LogP contribution < -0.4 is 10.9 Å². The number of hydrogen-bond acceptors (Lipinski definition) is 7. The summed E-state index contributed by atoms with van der Waals surface area (Å²) in [6.45, 7) is 4.57. The van der Waals surface area contributed by atoms with E-state index in [1.807, 2.05) is 6.07 Å². The van der Waals surface area contributed by atoms with Crippen LogP contribution in [-0.2, 0) is 11.2 Å². The molecule has 0 saturated carbocycles. The molecule has 0 saturated heterocycles. The van der Waals surface area contributed by atoms with E-state index in [0.29, 0.717) is 22.2 Å². The normalized spacial score (nSPS) is 16.7. The van der Waals surface area contributed by atoms with Crippen molar-refractivity contribution in [2.75, 3.05) is 18.4 Å². The minimum absolute atomic E-state index is 0.0654. The Morgan fingerprint density at radius 2 is 2.17 bits per heavy atom. The number of amides is 1. The Labute approximate surface area is 180 Å². The summed E-state index contributed by atoms with van der Waals surface area (Å²) < 4.78 is 5.72. The zero-order chi connectivity index (χ0) is 20.8. The monoisotopic (exact) mass is 440 g/mol. The largest absolute Gasteiger partial charge is 0.444 e. The van der Waals surface area contributed by atoms with E-state index in [1.165, 1.54) is 15.3 Å². The van der Waals surface area contributed by atoms with Crippen molar-refractivity contribution in [2.24, 2.45) is 0 Å². The summed E-state index contributed by atoms with van der Waals surface area (Å²) in [7, 11) is 0. The summed E-state index contributed by atoms with van der Waals surface area (Å²) in [5.74, 6) is 0.536. The van der Waals surface area contributed by atoms with E-state index in [1.54, 1.807) is 36.5 Å². The highest BCUT2D eigenvalue weighted by Crippen LogP contribution is 2.39.